The van der Waals surface area contributed by atoms with Crippen molar-refractivity contribution in [1.29, 1.82) is 0 Å². The third-order valence-corrected chi connectivity index (χ3v) is 2.65. The normalized spacial score (nSPS) is 12.6. The Bertz CT molecular complexity index is 531. The molecule has 5 heteroatoms. The van der Waals surface area contributed by atoms with Crippen LogP contribution in [-0.4, -0.2) is 36.5 Å². The molecule has 0 saturated heterocycles. The second kappa shape index (κ2) is 5.66. The Balaban J connectivity index is 2.21. The van der Waals surface area contributed by atoms with Crippen molar-refractivity contribution in [2.75, 3.05) is 31.4 Å². The molecule has 96 valence electrons. The van der Waals surface area contributed by atoms with Gasteiger partial charge < -0.3 is 20.9 Å². The summed E-state index contributed by atoms with van der Waals surface area (Å²) in [5.41, 5.74) is 7.29. The van der Waals surface area contributed by atoms with Gasteiger partial charge in [-0.05, 0) is 30.3 Å². The molecule has 0 aliphatic carbocycles. The van der Waals surface area contributed by atoms with Crippen LogP contribution in [0.5, 0.6) is 0 Å². The quantitative estimate of drug-likeness (QED) is 0.693. The zero-order chi connectivity index (χ0) is 13.0. The van der Waals surface area contributed by atoms with Crippen LogP contribution >= 0.6 is 0 Å². The molecule has 1 aromatic carbocycles. The Hall–Kier alpha value is -1.85. The third-order valence-electron chi connectivity index (χ3n) is 2.65. The van der Waals surface area contributed by atoms with Crippen molar-refractivity contribution >= 4 is 22.4 Å². The van der Waals surface area contributed by atoms with E-state index in [-0.39, 0.29) is 12.6 Å². The minimum absolute atomic E-state index is 0.00467. The fourth-order valence-electron chi connectivity index (χ4n) is 1.77. The Kier molecular flexibility index (Phi) is 3.96. The number of nitrogens with two attached hydrogens (primary N) is 1. The van der Waals surface area contributed by atoms with E-state index in [2.05, 4.69) is 10.3 Å². The van der Waals surface area contributed by atoms with Gasteiger partial charge in [-0.15, -0.1) is 0 Å². The van der Waals surface area contributed by atoms with Crippen molar-refractivity contribution in [3.05, 3.63) is 30.3 Å². The van der Waals surface area contributed by atoms with Gasteiger partial charge in [0.15, 0.2) is 0 Å². The van der Waals surface area contributed by atoms with E-state index in [0.29, 0.717) is 12.4 Å². The van der Waals surface area contributed by atoms with Crippen LogP contribution in [0.1, 0.15) is 0 Å². The first-order valence-corrected chi connectivity index (χ1v) is 5.75. The summed E-state index contributed by atoms with van der Waals surface area (Å²) in [7, 11) is 1.60. The summed E-state index contributed by atoms with van der Waals surface area (Å²) in [4.78, 5) is 4.45. The number of hydrogen-bond acceptors (Lipinski definition) is 5. The fourth-order valence-corrected chi connectivity index (χ4v) is 1.77. The standard InChI is InChI=1S/C13H17N3O2/c1-18-8-11(7-17)15-13-5-2-9-6-10(14)3-4-12(9)16-13/h2-6,11,17H,7-8,14H2,1H3,(H,15,16). The number of hydrogen-bond donors (Lipinski definition) is 3. The first-order chi connectivity index (χ1) is 8.72. The number of nitrogens with zero attached hydrogens (tertiary/aromatic N) is 1. The molecule has 0 radical (unpaired) electrons. The molecule has 1 heterocycles. The van der Waals surface area contributed by atoms with E-state index in [0.717, 1.165) is 16.6 Å². The lowest BCUT2D eigenvalue weighted by molar-refractivity contribution is 0.153. The van der Waals surface area contributed by atoms with Gasteiger partial charge in [-0.3, -0.25) is 0 Å². The van der Waals surface area contributed by atoms with Gasteiger partial charge in [0.05, 0.1) is 24.8 Å². The van der Waals surface area contributed by atoms with Gasteiger partial charge in [-0.1, -0.05) is 0 Å². The molecule has 18 heavy (non-hydrogen) atoms. The van der Waals surface area contributed by atoms with Crippen LogP contribution in [0.2, 0.25) is 0 Å². The number of pyridine rings is 1. The smallest absolute Gasteiger partial charge is 0.127 e. The van der Waals surface area contributed by atoms with E-state index in [1.807, 2.05) is 30.3 Å². The van der Waals surface area contributed by atoms with Crippen LogP contribution in [0, 0.1) is 0 Å². The van der Waals surface area contributed by atoms with Crippen LogP contribution in [-0.2, 0) is 4.74 Å². The SMILES string of the molecule is COCC(CO)Nc1ccc2cc(N)ccc2n1. The highest BCUT2D eigenvalue weighted by Crippen LogP contribution is 2.18. The first-order valence-electron chi connectivity index (χ1n) is 5.75. The number of nitrogen functional groups attached to an aromatic ring is 1. The highest BCUT2D eigenvalue weighted by molar-refractivity contribution is 5.83. The second-order valence-corrected chi connectivity index (χ2v) is 4.13. The predicted octanol–water partition coefficient (Wildman–Crippen LogP) is 1.24. The molecule has 1 aromatic heterocycles. The van der Waals surface area contributed by atoms with Crippen molar-refractivity contribution in [2.24, 2.45) is 0 Å². The maximum atomic E-state index is 9.18. The molecule has 2 aromatic rings. The average molecular weight is 247 g/mol. The van der Waals surface area contributed by atoms with Crippen LogP contribution in [0.4, 0.5) is 11.5 Å². The number of fused-ring (bicyclic) bond motifs is 1. The van der Waals surface area contributed by atoms with Crippen molar-refractivity contribution in [2.45, 2.75) is 6.04 Å². The molecule has 4 N–H and O–H groups in total. The molecule has 5 nitrogen and oxygen atoms in total. The summed E-state index contributed by atoms with van der Waals surface area (Å²) >= 11 is 0. The lowest BCUT2D eigenvalue weighted by atomic mass is 10.2. The molecule has 1 atom stereocenters. The van der Waals surface area contributed by atoms with Crippen LogP contribution in [0.15, 0.2) is 30.3 Å². The molecule has 0 amide bonds. The number of methoxy groups -OCH3 is 1. The zero-order valence-corrected chi connectivity index (χ0v) is 10.3. The molecule has 0 fully saturated rings. The minimum atomic E-state index is -0.159. The maximum Gasteiger partial charge on any atom is 0.127 e. The lowest BCUT2D eigenvalue weighted by Gasteiger charge is -2.16. The third kappa shape index (κ3) is 2.88. The minimum Gasteiger partial charge on any atom is -0.399 e. The number of anilines is 2. The maximum absolute atomic E-state index is 9.18. The number of nitrogens with one attached hydrogen (secondary N) is 1. The van der Waals surface area contributed by atoms with Crippen LogP contribution < -0.4 is 11.1 Å². The Morgan fingerprint density at radius 1 is 1.39 bits per heavy atom. The first kappa shape index (κ1) is 12.6. The summed E-state index contributed by atoms with van der Waals surface area (Å²) in [6, 6.07) is 9.22. The predicted molar refractivity (Wildman–Crippen MR) is 72.5 cm³/mol. The van der Waals surface area contributed by atoms with E-state index in [4.69, 9.17) is 10.5 Å². The van der Waals surface area contributed by atoms with Gasteiger partial charge in [-0.2, -0.15) is 0 Å². The number of aromatic nitrogens is 1. The monoisotopic (exact) mass is 247 g/mol. The Morgan fingerprint density at radius 2 is 2.22 bits per heavy atom. The van der Waals surface area contributed by atoms with Crippen molar-refractivity contribution in [1.82, 2.24) is 4.98 Å². The number of ether oxygens (including phenoxy) is 1. The number of rotatable bonds is 5. The topological polar surface area (TPSA) is 80.4 Å². The van der Waals surface area contributed by atoms with Crippen molar-refractivity contribution in [3.8, 4) is 0 Å². The van der Waals surface area contributed by atoms with Gasteiger partial charge >= 0.3 is 0 Å². The average Bonchev–Trinajstić information content (AvgIpc) is 2.38. The zero-order valence-electron chi connectivity index (χ0n) is 10.3. The molecule has 2 rings (SSSR count). The molecule has 0 aliphatic rings. The number of aliphatic hydroxyl groups excluding tert-OH is 1. The van der Waals surface area contributed by atoms with Crippen molar-refractivity contribution < 1.29 is 9.84 Å². The molecular weight excluding hydrogens is 230 g/mol. The van der Waals surface area contributed by atoms with E-state index in [1.165, 1.54) is 0 Å². The fraction of sp³-hybridized carbons (Fsp3) is 0.308. The van der Waals surface area contributed by atoms with E-state index in [1.54, 1.807) is 7.11 Å². The largest absolute Gasteiger partial charge is 0.399 e. The van der Waals surface area contributed by atoms with Gasteiger partial charge in [0.2, 0.25) is 0 Å². The van der Waals surface area contributed by atoms with Crippen LogP contribution in [0.25, 0.3) is 10.9 Å². The number of benzene rings is 1. The number of aliphatic hydroxyl groups is 1. The summed E-state index contributed by atoms with van der Waals surface area (Å²) in [5, 5.41) is 13.3. The summed E-state index contributed by atoms with van der Waals surface area (Å²) in [6.07, 6.45) is 0. The molecular formula is C13H17N3O2. The van der Waals surface area contributed by atoms with Gasteiger partial charge in [-0.25, -0.2) is 4.98 Å². The molecule has 0 bridgehead atoms. The second-order valence-electron chi connectivity index (χ2n) is 4.13. The van der Waals surface area contributed by atoms with Gasteiger partial charge in [0.25, 0.3) is 0 Å². The van der Waals surface area contributed by atoms with Crippen molar-refractivity contribution in [3.63, 3.8) is 0 Å². The van der Waals surface area contributed by atoms with E-state index in [9.17, 15) is 5.11 Å². The highest BCUT2D eigenvalue weighted by Gasteiger charge is 2.07. The van der Waals surface area contributed by atoms with Gasteiger partial charge in [0, 0.05) is 18.2 Å². The lowest BCUT2D eigenvalue weighted by Crippen LogP contribution is -2.29. The summed E-state index contributed by atoms with van der Waals surface area (Å²) < 4.78 is 5.00. The summed E-state index contributed by atoms with van der Waals surface area (Å²) in [6.45, 7) is 0.424. The summed E-state index contributed by atoms with van der Waals surface area (Å²) in [5.74, 6) is 0.711. The Labute approximate surface area is 106 Å². The molecule has 0 saturated carbocycles. The highest BCUT2D eigenvalue weighted by atomic mass is 16.5. The van der Waals surface area contributed by atoms with E-state index < -0.39 is 0 Å². The van der Waals surface area contributed by atoms with Crippen LogP contribution in [0.3, 0.4) is 0 Å². The van der Waals surface area contributed by atoms with E-state index >= 15 is 0 Å². The van der Waals surface area contributed by atoms with Gasteiger partial charge in [0.1, 0.15) is 5.82 Å². The Morgan fingerprint density at radius 3 is 2.94 bits per heavy atom. The molecule has 0 spiro atoms. The molecule has 1 unspecified atom stereocenters. The molecule has 0 aliphatic heterocycles.